The number of carbonyl (C=O) groups excluding carboxylic acids is 1. The Kier molecular flexibility index (Phi) is 14.9. The molecular weight excluding hydrogens is 747 g/mol. The molecular formula is C48H65N3O8. The zero-order valence-corrected chi connectivity index (χ0v) is 35.0. The van der Waals surface area contributed by atoms with Gasteiger partial charge in [0.2, 0.25) is 0 Å². The number of allylic oxidation sites excluding steroid dienone is 2. The van der Waals surface area contributed by atoms with Gasteiger partial charge in [-0.25, -0.2) is 4.99 Å². The van der Waals surface area contributed by atoms with E-state index < -0.39 is 17.4 Å². The largest absolute Gasteiger partial charge is 0.508 e. The van der Waals surface area contributed by atoms with Crippen LogP contribution in [0.4, 0.5) is 0 Å². The predicted octanol–water partition coefficient (Wildman–Crippen LogP) is 6.13. The van der Waals surface area contributed by atoms with Gasteiger partial charge in [0.1, 0.15) is 5.75 Å². The Bertz CT molecular complexity index is 1950. The van der Waals surface area contributed by atoms with Gasteiger partial charge in [0.25, 0.3) is 0 Å². The third-order valence-corrected chi connectivity index (χ3v) is 13.6. The van der Waals surface area contributed by atoms with E-state index in [0.29, 0.717) is 48.1 Å². The summed E-state index contributed by atoms with van der Waals surface area (Å²) in [7, 11) is 1.66. The summed E-state index contributed by atoms with van der Waals surface area (Å²) in [5, 5.41) is 55.0. The van der Waals surface area contributed by atoms with E-state index in [-0.39, 0.29) is 98.2 Å². The van der Waals surface area contributed by atoms with Crippen molar-refractivity contribution in [1.82, 2.24) is 0 Å². The zero-order valence-electron chi connectivity index (χ0n) is 35.0. The SMILES string of the molecule is CC[C@@H](CCO)C(=CC(=O)CCc1cc(OC2CCCC2)c(O)c2c1C#CC[C@H](N=C(N)N)C[C@@]1(CO)C=C3[C@@H](c4cccc(O)c4)C[C@H](C)C[C@@H]3[C@@H]2[C@H]1COC)CO. The third-order valence-electron chi connectivity index (χ3n) is 13.6. The number of fused-ring (bicyclic) bond motifs is 6. The minimum Gasteiger partial charge on any atom is -0.508 e. The van der Waals surface area contributed by atoms with E-state index in [1.54, 1.807) is 13.2 Å². The fourth-order valence-corrected chi connectivity index (χ4v) is 10.8. The van der Waals surface area contributed by atoms with Crippen molar-refractivity contribution in [2.45, 2.75) is 115 Å². The number of aliphatic hydroxyl groups is 3. The number of aliphatic imine (C=N–C) groups is 1. The number of aryl methyl sites for hydroxylation is 1. The fourth-order valence-electron chi connectivity index (χ4n) is 10.8. The molecule has 2 fully saturated rings. The summed E-state index contributed by atoms with van der Waals surface area (Å²) in [5.74, 6) is 6.41. The molecule has 4 aliphatic carbocycles. The molecule has 0 amide bonds. The zero-order chi connectivity index (χ0) is 42.3. The standard InChI is InChI=1S/C48H65N3O8/c1-4-30(17-18-52)33(26-53)22-36(56)16-15-32-23-43(59-37-12-5-6-13-37)46(57)45-38(32)14-8-10-34(51-47(49)50)24-48(28-54)25-41-39(31-9-7-11-35(55)21-31)19-29(2)20-40(41)44(45)42(48)27-58-3/h7,9,11,21-23,25,29-30,34,37,39-40,42,44,52-55,57H,4-6,10,12-13,15-20,24,26-28H2,1-3H3,(H4,49,50,51)/t29-,30-,34-,39+,40-,42+,44+,48-/m0/s1. The number of hydrogen-bond donors (Lipinski definition) is 7. The minimum absolute atomic E-state index is 0.0289. The number of aliphatic hydroxyl groups excluding tert-OH is 3. The average molecular weight is 812 g/mol. The van der Waals surface area contributed by atoms with Crippen LogP contribution in [0.5, 0.6) is 17.2 Å². The molecule has 0 aromatic heterocycles. The van der Waals surface area contributed by atoms with Crippen LogP contribution in [0.1, 0.15) is 119 Å². The molecule has 11 heteroatoms. The monoisotopic (exact) mass is 811 g/mol. The number of ether oxygens (including phenoxy) is 2. The van der Waals surface area contributed by atoms with E-state index in [9.17, 15) is 30.3 Å². The van der Waals surface area contributed by atoms with Gasteiger partial charge >= 0.3 is 0 Å². The van der Waals surface area contributed by atoms with Crippen molar-refractivity contribution < 1.29 is 39.8 Å². The second-order valence-corrected chi connectivity index (χ2v) is 17.5. The summed E-state index contributed by atoms with van der Waals surface area (Å²) in [6.45, 7) is 3.95. The first-order valence-corrected chi connectivity index (χ1v) is 21.6. The van der Waals surface area contributed by atoms with Gasteiger partial charge in [-0.1, -0.05) is 49.5 Å². The Morgan fingerprint density at radius 2 is 1.90 bits per heavy atom. The third kappa shape index (κ3) is 9.84. The molecule has 0 heterocycles. The number of hydrogen-bond acceptors (Lipinski definition) is 9. The highest BCUT2D eigenvalue weighted by Crippen LogP contribution is 2.62. The van der Waals surface area contributed by atoms with Crippen LogP contribution < -0.4 is 16.2 Å². The van der Waals surface area contributed by atoms with Crippen LogP contribution >= 0.6 is 0 Å². The normalized spacial score (nSPS) is 27.4. The maximum atomic E-state index is 13.7. The van der Waals surface area contributed by atoms with Crippen LogP contribution in [0, 0.1) is 40.9 Å². The Morgan fingerprint density at radius 3 is 2.56 bits per heavy atom. The maximum absolute atomic E-state index is 13.7. The molecule has 4 aliphatic rings. The first-order chi connectivity index (χ1) is 28.4. The van der Waals surface area contributed by atoms with Crippen molar-refractivity contribution in [2.24, 2.45) is 45.5 Å². The Hall–Kier alpha value is -4.34. The lowest BCUT2D eigenvalue weighted by molar-refractivity contribution is -0.114. The number of aromatic hydroxyl groups is 2. The number of methoxy groups -OCH3 is 1. The van der Waals surface area contributed by atoms with Gasteiger partial charge in [-0.15, -0.1) is 0 Å². The van der Waals surface area contributed by atoms with Crippen molar-refractivity contribution in [2.75, 3.05) is 33.5 Å². The summed E-state index contributed by atoms with van der Waals surface area (Å²) in [4.78, 5) is 18.4. The van der Waals surface area contributed by atoms with Crippen LogP contribution in [0.25, 0.3) is 0 Å². The predicted molar refractivity (Wildman–Crippen MR) is 229 cm³/mol. The molecule has 2 bridgehead atoms. The van der Waals surface area contributed by atoms with Gasteiger partial charge in [0, 0.05) is 60.9 Å². The van der Waals surface area contributed by atoms with Gasteiger partial charge in [0.05, 0.1) is 32.0 Å². The number of phenols is 2. The summed E-state index contributed by atoms with van der Waals surface area (Å²) >= 11 is 0. The minimum atomic E-state index is -0.900. The van der Waals surface area contributed by atoms with Crippen LogP contribution in [-0.2, 0) is 16.0 Å². The molecule has 11 nitrogen and oxygen atoms in total. The van der Waals surface area contributed by atoms with Gasteiger partial charge in [-0.3, -0.25) is 4.79 Å². The van der Waals surface area contributed by atoms with E-state index in [2.05, 4.69) is 29.8 Å². The smallest absolute Gasteiger partial charge is 0.186 e. The fraction of sp³-hybridized carbons (Fsp3) is 0.583. The van der Waals surface area contributed by atoms with Gasteiger partial charge in [0.15, 0.2) is 23.2 Å². The first-order valence-electron chi connectivity index (χ1n) is 21.6. The van der Waals surface area contributed by atoms with Crippen LogP contribution in [0.15, 0.2) is 58.6 Å². The highest BCUT2D eigenvalue weighted by atomic mass is 16.5. The topological polar surface area (TPSA) is 201 Å². The highest BCUT2D eigenvalue weighted by molar-refractivity contribution is 5.90. The van der Waals surface area contributed by atoms with Crippen molar-refractivity contribution >= 4 is 11.7 Å². The number of nitrogens with zero attached hydrogens (tertiary/aromatic N) is 1. The lowest BCUT2D eigenvalue weighted by atomic mass is 9.51. The van der Waals surface area contributed by atoms with Crippen molar-refractivity contribution in [3.8, 4) is 29.1 Å². The molecule has 320 valence electrons. The number of carbonyl (C=O) groups is 1. The van der Waals surface area contributed by atoms with Gasteiger partial charge in [-0.2, -0.15) is 0 Å². The number of benzene rings is 2. The number of phenolic OH excluding ortho intramolecular Hbond substituents is 2. The molecule has 59 heavy (non-hydrogen) atoms. The number of guanidine groups is 1. The number of nitrogens with two attached hydrogens (primary N) is 2. The highest BCUT2D eigenvalue weighted by Gasteiger charge is 2.54. The Labute approximate surface area is 349 Å². The average Bonchev–Trinajstić information content (AvgIpc) is 3.73. The molecule has 2 aromatic carbocycles. The summed E-state index contributed by atoms with van der Waals surface area (Å²) in [6, 6.07) is 8.80. The number of ketones is 1. The molecule has 0 saturated heterocycles. The summed E-state index contributed by atoms with van der Waals surface area (Å²) < 4.78 is 12.8. The summed E-state index contributed by atoms with van der Waals surface area (Å²) in [6.07, 6.45) is 11.4. The lowest BCUT2D eigenvalue weighted by Gasteiger charge is -2.54. The van der Waals surface area contributed by atoms with E-state index in [1.165, 1.54) is 6.08 Å². The lowest BCUT2D eigenvalue weighted by Crippen LogP contribution is -2.49. The van der Waals surface area contributed by atoms with Crippen molar-refractivity contribution in [3.05, 3.63) is 75.9 Å². The molecule has 8 atom stereocenters. The van der Waals surface area contributed by atoms with Crippen LogP contribution in [0.2, 0.25) is 0 Å². The molecule has 9 N–H and O–H groups in total. The molecule has 0 radical (unpaired) electrons. The molecule has 0 spiro atoms. The second kappa shape index (κ2) is 19.8. The van der Waals surface area contributed by atoms with Crippen molar-refractivity contribution in [3.63, 3.8) is 0 Å². The Balaban J connectivity index is 1.60. The molecule has 2 aromatic rings. The molecule has 2 saturated carbocycles. The quantitative estimate of drug-likeness (QED) is 0.0340. The second-order valence-electron chi connectivity index (χ2n) is 17.5. The van der Waals surface area contributed by atoms with E-state index in [0.717, 1.165) is 55.2 Å². The summed E-state index contributed by atoms with van der Waals surface area (Å²) in [5.41, 5.74) is 15.9. The van der Waals surface area contributed by atoms with E-state index in [4.69, 9.17) is 20.9 Å². The van der Waals surface area contributed by atoms with E-state index in [1.807, 2.05) is 31.2 Å². The first kappa shape index (κ1) is 44.2. The van der Waals surface area contributed by atoms with Crippen LogP contribution in [-0.4, -0.2) is 83.0 Å². The molecule has 0 unspecified atom stereocenters. The van der Waals surface area contributed by atoms with E-state index >= 15 is 0 Å². The van der Waals surface area contributed by atoms with Crippen LogP contribution in [0.3, 0.4) is 0 Å². The number of rotatable bonds is 16. The maximum Gasteiger partial charge on any atom is 0.186 e. The van der Waals surface area contributed by atoms with Gasteiger partial charge < -0.3 is 46.5 Å². The molecule has 6 rings (SSSR count). The Morgan fingerprint density at radius 1 is 1.12 bits per heavy atom. The molecule has 0 aliphatic heterocycles. The van der Waals surface area contributed by atoms with Gasteiger partial charge in [-0.05, 0) is 123 Å². The van der Waals surface area contributed by atoms with Crippen molar-refractivity contribution in [1.29, 1.82) is 0 Å².